The molecule has 0 aliphatic rings. The van der Waals surface area contributed by atoms with Gasteiger partial charge in [-0.05, 0) is 58.0 Å². The highest BCUT2D eigenvalue weighted by Gasteiger charge is 2.13. The van der Waals surface area contributed by atoms with Gasteiger partial charge in [-0.3, -0.25) is 9.78 Å². The first-order valence-electron chi connectivity index (χ1n) is 7.68. The van der Waals surface area contributed by atoms with Crippen LogP contribution in [0.4, 0.5) is 5.69 Å². The average Bonchev–Trinajstić information content (AvgIpc) is 2.82. The van der Waals surface area contributed by atoms with E-state index >= 15 is 0 Å². The molecule has 5 nitrogen and oxygen atoms in total. The van der Waals surface area contributed by atoms with E-state index in [0.29, 0.717) is 11.6 Å². The molecular weight excluding hydrogens is 288 g/mol. The van der Waals surface area contributed by atoms with E-state index in [-0.39, 0.29) is 5.91 Å². The van der Waals surface area contributed by atoms with Crippen molar-refractivity contribution in [2.45, 2.75) is 33.7 Å². The van der Waals surface area contributed by atoms with Gasteiger partial charge in [-0.1, -0.05) is 0 Å². The van der Waals surface area contributed by atoms with Gasteiger partial charge in [-0.15, -0.1) is 0 Å². The van der Waals surface area contributed by atoms with E-state index in [2.05, 4.69) is 33.7 Å². The molecule has 118 valence electrons. The standard InChI is InChI=1S/C18H20N4O/c1-11(2)22-13(4)20-16-10-14(5-6-17(16)22)18(23)21-15-7-8-19-12(3)9-15/h5-11H,1-4H3,(H,19,21,23). The van der Waals surface area contributed by atoms with Crippen molar-refractivity contribution in [3.63, 3.8) is 0 Å². The van der Waals surface area contributed by atoms with E-state index < -0.39 is 0 Å². The van der Waals surface area contributed by atoms with Gasteiger partial charge in [0.1, 0.15) is 5.82 Å². The SMILES string of the molecule is Cc1cc(NC(=O)c2ccc3c(c2)nc(C)n3C(C)C)ccn1. The summed E-state index contributed by atoms with van der Waals surface area (Å²) in [7, 11) is 0. The molecule has 23 heavy (non-hydrogen) atoms. The summed E-state index contributed by atoms with van der Waals surface area (Å²) in [5.41, 5.74) is 4.10. The highest BCUT2D eigenvalue weighted by molar-refractivity contribution is 6.06. The molecule has 1 aromatic carbocycles. The Bertz CT molecular complexity index is 880. The van der Waals surface area contributed by atoms with Crippen LogP contribution < -0.4 is 5.32 Å². The molecule has 0 bridgehead atoms. The van der Waals surface area contributed by atoms with Crippen LogP contribution in [0.25, 0.3) is 11.0 Å². The zero-order chi connectivity index (χ0) is 16.6. The first kappa shape index (κ1) is 15.2. The lowest BCUT2D eigenvalue weighted by Crippen LogP contribution is -2.12. The van der Waals surface area contributed by atoms with Crippen molar-refractivity contribution in [1.82, 2.24) is 14.5 Å². The summed E-state index contributed by atoms with van der Waals surface area (Å²) in [6, 6.07) is 9.59. The van der Waals surface area contributed by atoms with Crippen LogP contribution in [0.5, 0.6) is 0 Å². The third kappa shape index (κ3) is 2.95. The van der Waals surface area contributed by atoms with Crippen LogP contribution in [0.15, 0.2) is 36.5 Å². The minimum atomic E-state index is -0.144. The Morgan fingerprint density at radius 2 is 1.96 bits per heavy atom. The maximum atomic E-state index is 12.4. The average molecular weight is 308 g/mol. The van der Waals surface area contributed by atoms with E-state index in [1.807, 2.05) is 38.1 Å². The first-order chi connectivity index (χ1) is 11.0. The van der Waals surface area contributed by atoms with E-state index in [1.54, 1.807) is 12.3 Å². The lowest BCUT2D eigenvalue weighted by molar-refractivity contribution is 0.102. The maximum absolute atomic E-state index is 12.4. The van der Waals surface area contributed by atoms with Crippen molar-refractivity contribution in [2.75, 3.05) is 5.32 Å². The number of amides is 1. The van der Waals surface area contributed by atoms with Crippen LogP contribution in [0, 0.1) is 13.8 Å². The molecule has 0 unspecified atom stereocenters. The number of pyridine rings is 1. The summed E-state index contributed by atoms with van der Waals surface area (Å²) >= 11 is 0. The predicted octanol–water partition coefficient (Wildman–Crippen LogP) is 3.88. The Labute approximate surface area is 135 Å². The minimum Gasteiger partial charge on any atom is -0.326 e. The summed E-state index contributed by atoms with van der Waals surface area (Å²) in [6.07, 6.45) is 1.68. The van der Waals surface area contributed by atoms with E-state index in [1.165, 1.54) is 0 Å². The van der Waals surface area contributed by atoms with Crippen molar-refractivity contribution in [3.8, 4) is 0 Å². The zero-order valence-electron chi connectivity index (χ0n) is 13.8. The number of anilines is 1. The second-order valence-electron chi connectivity index (χ2n) is 5.97. The number of benzene rings is 1. The Morgan fingerprint density at radius 1 is 1.17 bits per heavy atom. The smallest absolute Gasteiger partial charge is 0.255 e. The monoisotopic (exact) mass is 308 g/mol. The van der Waals surface area contributed by atoms with Gasteiger partial charge in [0.05, 0.1) is 11.0 Å². The van der Waals surface area contributed by atoms with Gasteiger partial charge < -0.3 is 9.88 Å². The van der Waals surface area contributed by atoms with Crippen LogP contribution in [-0.4, -0.2) is 20.4 Å². The van der Waals surface area contributed by atoms with Crippen LogP contribution in [0.1, 0.15) is 41.8 Å². The van der Waals surface area contributed by atoms with E-state index in [4.69, 9.17) is 0 Å². The molecule has 2 heterocycles. The number of nitrogens with one attached hydrogen (secondary N) is 1. The van der Waals surface area contributed by atoms with Gasteiger partial charge in [0.2, 0.25) is 0 Å². The zero-order valence-corrected chi connectivity index (χ0v) is 13.8. The summed E-state index contributed by atoms with van der Waals surface area (Å²) in [4.78, 5) is 21.1. The van der Waals surface area contributed by atoms with Gasteiger partial charge in [-0.2, -0.15) is 0 Å². The summed E-state index contributed by atoms with van der Waals surface area (Å²) in [5, 5.41) is 2.89. The molecule has 5 heteroatoms. The molecule has 1 N–H and O–H groups in total. The highest BCUT2D eigenvalue weighted by atomic mass is 16.1. The number of rotatable bonds is 3. The first-order valence-corrected chi connectivity index (χ1v) is 7.68. The highest BCUT2D eigenvalue weighted by Crippen LogP contribution is 2.22. The van der Waals surface area contributed by atoms with Crippen molar-refractivity contribution >= 4 is 22.6 Å². The van der Waals surface area contributed by atoms with Gasteiger partial charge in [0.15, 0.2) is 0 Å². The van der Waals surface area contributed by atoms with Gasteiger partial charge in [0.25, 0.3) is 5.91 Å². The van der Waals surface area contributed by atoms with Crippen LogP contribution in [0.3, 0.4) is 0 Å². The molecule has 3 aromatic rings. The molecule has 0 atom stereocenters. The van der Waals surface area contributed by atoms with Gasteiger partial charge in [-0.25, -0.2) is 4.98 Å². The second-order valence-corrected chi connectivity index (χ2v) is 5.97. The summed E-state index contributed by atoms with van der Waals surface area (Å²) in [6.45, 7) is 8.13. The molecule has 1 amide bonds. The summed E-state index contributed by atoms with van der Waals surface area (Å²) in [5.74, 6) is 0.812. The number of hydrogen-bond acceptors (Lipinski definition) is 3. The molecule has 0 saturated carbocycles. The molecule has 0 spiro atoms. The number of aromatic nitrogens is 3. The molecule has 0 saturated heterocycles. The number of imidazole rings is 1. The molecule has 0 radical (unpaired) electrons. The van der Waals surface area contributed by atoms with E-state index in [9.17, 15) is 4.79 Å². The molecule has 3 rings (SSSR count). The van der Waals surface area contributed by atoms with Crippen molar-refractivity contribution < 1.29 is 4.79 Å². The van der Waals surface area contributed by atoms with Crippen molar-refractivity contribution in [2.24, 2.45) is 0 Å². The summed E-state index contributed by atoms with van der Waals surface area (Å²) < 4.78 is 2.17. The predicted molar refractivity (Wildman–Crippen MR) is 91.8 cm³/mol. The van der Waals surface area contributed by atoms with Gasteiger partial charge >= 0.3 is 0 Å². The largest absolute Gasteiger partial charge is 0.326 e. The quantitative estimate of drug-likeness (QED) is 0.798. The molecule has 0 aliphatic carbocycles. The van der Waals surface area contributed by atoms with Gasteiger partial charge in [0, 0.05) is 29.2 Å². The fraction of sp³-hybridized carbons (Fsp3) is 0.278. The molecule has 0 aliphatic heterocycles. The third-order valence-corrected chi connectivity index (χ3v) is 3.80. The molecular formula is C18H20N4O. The van der Waals surface area contributed by atoms with Crippen molar-refractivity contribution in [3.05, 3.63) is 53.6 Å². The van der Waals surface area contributed by atoms with E-state index in [0.717, 1.165) is 28.2 Å². The number of aryl methyl sites for hydroxylation is 2. The maximum Gasteiger partial charge on any atom is 0.255 e. The fourth-order valence-electron chi connectivity index (χ4n) is 2.84. The molecule has 0 fully saturated rings. The van der Waals surface area contributed by atoms with Crippen LogP contribution in [-0.2, 0) is 0 Å². The Kier molecular flexibility index (Phi) is 3.86. The number of carbonyl (C=O) groups is 1. The minimum absolute atomic E-state index is 0.144. The fourth-order valence-corrected chi connectivity index (χ4v) is 2.84. The normalized spacial score (nSPS) is 11.2. The number of hydrogen-bond donors (Lipinski definition) is 1. The Hall–Kier alpha value is -2.69. The number of carbonyl (C=O) groups excluding carboxylic acids is 1. The second kappa shape index (κ2) is 5.83. The Morgan fingerprint density at radius 3 is 2.65 bits per heavy atom. The van der Waals surface area contributed by atoms with Crippen LogP contribution >= 0.6 is 0 Å². The Balaban J connectivity index is 1.93. The third-order valence-electron chi connectivity index (χ3n) is 3.80. The van der Waals surface area contributed by atoms with Crippen molar-refractivity contribution in [1.29, 1.82) is 0 Å². The molecule has 2 aromatic heterocycles. The number of fused-ring (bicyclic) bond motifs is 1. The lowest BCUT2D eigenvalue weighted by atomic mass is 10.1. The lowest BCUT2D eigenvalue weighted by Gasteiger charge is -2.11. The van der Waals surface area contributed by atoms with Crippen LogP contribution in [0.2, 0.25) is 0 Å². The number of nitrogens with zero attached hydrogens (tertiary/aromatic N) is 3. The topological polar surface area (TPSA) is 59.8 Å².